The van der Waals surface area contributed by atoms with Crippen molar-refractivity contribution in [3.63, 3.8) is 0 Å². The average molecular weight is 222 g/mol. The van der Waals surface area contributed by atoms with Crippen LogP contribution in [0.25, 0.3) is 0 Å². The summed E-state index contributed by atoms with van der Waals surface area (Å²) < 4.78 is 5.71. The number of nitrogens with one attached hydrogen (secondary N) is 1. The molecule has 0 bridgehead atoms. The Kier molecular flexibility index (Phi) is 6.77. The molecule has 3 heteroatoms. The van der Waals surface area contributed by atoms with Gasteiger partial charge in [-0.25, -0.2) is 0 Å². The van der Waals surface area contributed by atoms with E-state index in [9.17, 15) is 0 Å². The van der Waals surface area contributed by atoms with Crippen molar-refractivity contribution in [2.24, 2.45) is 0 Å². The summed E-state index contributed by atoms with van der Waals surface area (Å²) in [6.45, 7) is 7.05. The average Bonchev–Trinajstić information content (AvgIpc) is 2.31. The van der Waals surface area contributed by atoms with Crippen LogP contribution >= 0.6 is 0 Å². The highest BCUT2D eigenvalue weighted by atomic mass is 16.5. The zero-order valence-corrected chi connectivity index (χ0v) is 10.3. The van der Waals surface area contributed by atoms with Gasteiger partial charge in [0.05, 0.1) is 12.7 Å². The molecule has 0 saturated heterocycles. The number of rotatable bonds is 8. The van der Waals surface area contributed by atoms with Gasteiger partial charge in [-0.3, -0.25) is 4.98 Å². The van der Waals surface area contributed by atoms with Gasteiger partial charge in [-0.1, -0.05) is 13.0 Å². The van der Waals surface area contributed by atoms with Gasteiger partial charge in [-0.05, 0) is 38.6 Å². The van der Waals surface area contributed by atoms with Crippen molar-refractivity contribution in [3.8, 4) is 0 Å². The Morgan fingerprint density at radius 1 is 1.44 bits per heavy atom. The maximum atomic E-state index is 5.71. The van der Waals surface area contributed by atoms with E-state index in [1.54, 1.807) is 0 Å². The van der Waals surface area contributed by atoms with E-state index in [1.807, 2.05) is 24.4 Å². The molecule has 1 aromatic rings. The first-order valence-electron chi connectivity index (χ1n) is 6.05. The summed E-state index contributed by atoms with van der Waals surface area (Å²) in [4.78, 5) is 4.26. The van der Waals surface area contributed by atoms with Crippen LogP contribution in [0.2, 0.25) is 0 Å². The first kappa shape index (κ1) is 13.1. The fraction of sp³-hybridized carbons (Fsp3) is 0.615. The minimum atomic E-state index is 0.322. The van der Waals surface area contributed by atoms with Gasteiger partial charge in [0.25, 0.3) is 0 Å². The molecule has 0 fully saturated rings. The van der Waals surface area contributed by atoms with Gasteiger partial charge >= 0.3 is 0 Å². The second-order valence-electron chi connectivity index (χ2n) is 3.89. The Morgan fingerprint density at radius 3 is 3.00 bits per heavy atom. The first-order valence-corrected chi connectivity index (χ1v) is 6.05. The number of ether oxygens (including phenoxy) is 1. The van der Waals surface area contributed by atoms with Gasteiger partial charge in [-0.2, -0.15) is 0 Å². The van der Waals surface area contributed by atoms with Crippen molar-refractivity contribution < 1.29 is 4.74 Å². The molecule has 90 valence electrons. The summed E-state index contributed by atoms with van der Waals surface area (Å²) in [6, 6.07) is 5.98. The van der Waals surface area contributed by atoms with Gasteiger partial charge in [0.15, 0.2) is 0 Å². The van der Waals surface area contributed by atoms with E-state index in [0.717, 1.165) is 38.2 Å². The zero-order valence-electron chi connectivity index (χ0n) is 10.3. The number of hydrogen-bond donors (Lipinski definition) is 1. The summed E-state index contributed by atoms with van der Waals surface area (Å²) in [5, 5.41) is 3.29. The third-order valence-corrected chi connectivity index (χ3v) is 2.46. The van der Waals surface area contributed by atoms with E-state index in [2.05, 4.69) is 24.1 Å². The van der Waals surface area contributed by atoms with E-state index in [4.69, 9.17) is 4.74 Å². The second-order valence-corrected chi connectivity index (χ2v) is 3.89. The monoisotopic (exact) mass is 222 g/mol. The van der Waals surface area contributed by atoms with Crippen molar-refractivity contribution in [3.05, 3.63) is 30.1 Å². The Labute approximate surface area is 98.2 Å². The molecule has 0 amide bonds. The predicted molar refractivity (Wildman–Crippen MR) is 66.5 cm³/mol. The molecule has 1 rings (SSSR count). The van der Waals surface area contributed by atoms with Crippen LogP contribution in [0, 0.1) is 0 Å². The van der Waals surface area contributed by atoms with Crippen LogP contribution in [-0.4, -0.2) is 30.8 Å². The predicted octanol–water partition coefficient (Wildman–Crippen LogP) is 2.03. The third-order valence-electron chi connectivity index (χ3n) is 2.46. The summed E-state index contributed by atoms with van der Waals surface area (Å²) in [5.41, 5.74) is 1.10. The van der Waals surface area contributed by atoms with Crippen molar-refractivity contribution in [1.29, 1.82) is 0 Å². The van der Waals surface area contributed by atoms with Crippen molar-refractivity contribution >= 4 is 0 Å². The number of pyridine rings is 1. The molecule has 0 aliphatic carbocycles. The van der Waals surface area contributed by atoms with Crippen LogP contribution < -0.4 is 5.32 Å². The lowest BCUT2D eigenvalue weighted by Gasteiger charge is -2.12. The Balaban J connectivity index is 2.06. The lowest BCUT2D eigenvalue weighted by atomic mass is 10.2. The fourth-order valence-corrected chi connectivity index (χ4v) is 1.48. The Bertz CT molecular complexity index is 264. The van der Waals surface area contributed by atoms with Gasteiger partial charge in [0.2, 0.25) is 0 Å². The van der Waals surface area contributed by atoms with Gasteiger partial charge < -0.3 is 10.1 Å². The summed E-state index contributed by atoms with van der Waals surface area (Å²) in [6.07, 6.45) is 4.11. The summed E-state index contributed by atoms with van der Waals surface area (Å²) >= 11 is 0. The maximum absolute atomic E-state index is 5.71. The molecule has 0 saturated carbocycles. The van der Waals surface area contributed by atoms with Crippen molar-refractivity contribution in [1.82, 2.24) is 10.3 Å². The first-order chi connectivity index (χ1) is 7.83. The fourth-order valence-electron chi connectivity index (χ4n) is 1.48. The van der Waals surface area contributed by atoms with Crippen LogP contribution in [0.4, 0.5) is 0 Å². The highest BCUT2D eigenvalue weighted by Gasteiger charge is 2.01. The summed E-state index contributed by atoms with van der Waals surface area (Å²) in [7, 11) is 0. The standard InChI is InChI=1S/C13H22N2O/c1-3-14-10-7-12(2)16-11-8-13-6-4-5-9-15-13/h4-6,9,12,14H,3,7-8,10-11H2,1-2H3. The van der Waals surface area contributed by atoms with E-state index in [1.165, 1.54) is 0 Å². The van der Waals surface area contributed by atoms with E-state index < -0.39 is 0 Å². The maximum Gasteiger partial charge on any atom is 0.0559 e. The largest absolute Gasteiger partial charge is 0.378 e. The van der Waals surface area contributed by atoms with Gasteiger partial charge in [-0.15, -0.1) is 0 Å². The van der Waals surface area contributed by atoms with Crippen molar-refractivity contribution in [2.45, 2.75) is 32.8 Å². The lowest BCUT2D eigenvalue weighted by Crippen LogP contribution is -2.21. The minimum absolute atomic E-state index is 0.322. The molecule has 1 aromatic heterocycles. The molecule has 1 atom stereocenters. The molecule has 16 heavy (non-hydrogen) atoms. The molecule has 0 aromatic carbocycles. The molecule has 0 aliphatic heterocycles. The van der Waals surface area contributed by atoms with Crippen molar-refractivity contribution in [2.75, 3.05) is 19.7 Å². The van der Waals surface area contributed by atoms with Crippen LogP contribution in [-0.2, 0) is 11.2 Å². The molecule has 0 spiro atoms. The smallest absolute Gasteiger partial charge is 0.0559 e. The highest BCUT2D eigenvalue weighted by Crippen LogP contribution is 2.00. The Morgan fingerprint density at radius 2 is 2.31 bits per heavy atom. The molecule has 1 heterocycles. The van der Waals surface area contributed by atoms with Crippen LogP contribution in [0.15, 0.2) is 24.4 Å². The SMILES string of the molecule is CCNCCC(C)OCCc1ccccn1. The molecule has 0 radical (unpaired) electrons. The van der Waals surface area contributed by atoms with E-state index >= 15 is 0 Å². The van der Waals surface area contributed by atoms with Crippen LogP contribution in [0.1, 0.15) is 26.0 Å². The molecule has 0 aliphatic rings. The minimum Gasteiger partial charge on any atom is -0.378 e. The second kappa shape index (κ2) is 8.25. The molecule has 3 nitrogen and oxygen atoms in total. The van der Waals surface area contributed by atoms with Crippen LogP contribution in [0.3, 0.4) is 0 Å². The van der Waals surface area contributed by atoms with Gasteiger partial charge in [0.1, 0.15) is 0 Å². The third kappa shape index (κ3) is 5.83. The van der Waals surface area contributed by atoms with E-state index in [-0.39, 0.29) is 0 Å². The van der Waals surface area contributed by atoms with Crippen LogP contribution in [0.5, 0.6) is 0 Å². The molecule has 1 unspecified atom stereocenters. The number of nitrogens with zero attached hydrogens (tertiary/aromatic N) is 1. The normalized spacial score (nSPS) is 12.6. The number of hydrogen-bond acceptors (Lipinski definition) is 3. The molecular formula is C13H22N2O. The lowest BCUT2D eigenvalue weighted by molar-refractivity contribution is 0.0624. The molecular weight excluding hydrogens is 200 g/mol. The van der Waals surface area contributed by atoms with Gasteiger partial charge in [0, 0.05) is 18.3 Å². The summed E-state index contributed by atoms with van der Waals surface area (Å²) in [5.74, 6) is 0. The Hall–Kier alpha value is -0.930. The highest BCUT2D eigenvalue weighted by molar-refractivity contribution is 5.03. The topological polar surface area (TPSA) is 34.1 Å². The van der Waals surface area contributed by atoms with E-state index in [0.29, 0.717) is 6.10 Å². The zero-order chi connectivity index (χ0) is 11.6. The number of aromatic nitrogens is 1. The quantitative estimate of drug-likeness (QED) is 0.683. The molecule has 1 N–H and O–H groups in total.